The number of benzene rings is 3. The van der Waals surface area contributed by atoms with Crippen LogP contribution in [0, 0.1) is 0 Å². The second-order valence-corrected chi connectivity index (χ2v) is 9.64. The fraction of sp³-hybridized carbons (Fsp3) is 0.240. The molecule has 0 aromatic heterocycles. The highest BCUT2D eigenvalue weighted by Crippen LogP contribution is 2.23. The molecule has 5 nitrogen and oxygen atoms in total. The quantitative estimate of drug-likeness (QED) is 0.417. The number of hydrogen-bond donors (Lipinski definition) is 1. The summed E-state index contributed by atoms with van der Waals surface area (Å²) in [6, 6.07) is 23.2. The van der Waals surface area contributed by atoms with Gasteiger partial charge in [-0.3, -0.25) is 4.79 Å². The van der Waals surface area contributed by atoms with Gasteiger partial charge in [-0.05, 0) is 60.2 Å². The van der Waals surface area contributed by atoms with Crippen LogP contribution in [-0.2, 0) is 32.4 Å². The molecule has 1 unspecified atom stereocenters. The van der Waals surface area contributed by atoms with E-state index in [0.29, 0.717) is 24.3 Å². The molecule has 0 fully saturated rings. The fourth-order valence-corrected chi connectivity index (χ4v) is 4.75. The molecule has 0 bridgehead atoms. The van der Waals surface area contributed by atoms with Crippen molar-refractivity contribution in [2.45, 2.75) is 36.6 Å². The largest absolute Gasteiger partial charge is 0.469 e. The lowest BCUT2D eigenvalue weighted by Crippen LogP contribution is -2.30. The third kappa shape index (κ3) is 6.92. The van der Waals surface area contributed by atoms with E-state index in [1.165, 1.54) is 19.2 Å². The van der Waals surface area contributed by atoms with Crippen molar-refractivity contribution >= 4 is 27.6 Å². The molecule has 168 valence electrons. The average Bonchev–Trinajstić information content (AvgIpc) is 2.80. The molecule has 3 aromatic carbocycles. The lowest BCUT2D eigenvalue weighted by molar-refractivity contribution is -0.140. The molecule has 3 aromatic rings. The molecule has 0 amide bonds. The zero-order chi connectivity index (χ0) is 23.0. The van der Waals surface area contributed by atoms with Crippen molar-refractivity contribution in [1.29, 1.82) is 0 Å². The second-order valence-electron chi connectivity index (χ2n) is 7.49. The molecule has 0 radical (unpaired) electrons. The van der Waals surface area contributed by atoms with Crippen molar-refractivity contribution in [3.63, 3.8) is 0 Å². The van der Waals surface area contributed by atoms with Gasteiger partial charge >= 0.3 is 5.97 Å². The molecule has 32 heavy (non-hydrogen) atoms. The van der Waals surface area contributed by atoms with E-state index in [1.54, 1.807) is 12.1 Å². The highest BCUT2D eigenvalue weighted by molar-refractivity contribution is 7.89. The van der Waals surface area contributed by atoms with Crippen molar-refractivity contribution < 1.29 is 17.9 Å². The van der Waals surface area contributed by atoms with Crippen molar-refractivity contribution in [1.82, 2.24) is 4.72 Å². The number of esters is 1. The van der Waals surface area contributed by atoms with Crippen LogP contribution >= 0.6 is 11.6 Å². The molecule has 0 aliphatic rings. The molecule has 3 rings (SSSR count). The van der Waals surface area contributed by atoms with Crippen LogP contribution < -0.4 is 4.72 Å². The van der Waals surface area contributed by atoms with Gasteiger partial charge in [0.15, 0.2) is 0 Å². The Hall–Kier alpha value is -2.67. The van der Waals surface area contributed by atoms with Crippen LogP contribution in [0.5, 0.6) is 0 Å². The van der Waals surface area contributed by atoms with E-state index in [9.17, 15) is 13.2 Å². The smallest absolute Gasteiger partial charge is 0.305 e. The third-order valence-corrected chi connectivity index (χ3v) is 6.90. The van der Waals surface area contributed by atoms with Crippen LogP contribution in [0.1, 0.15) is 35.6 Å². The maximum absolute atomic E-state index is 13.0. The first kappa shape index (κ1) is 24.0. The van der Waals surface area contributed by atoms with Crippen molar-refractivity contribution in [2.24, 2.45) is 0 Å². The number of nitrogens with one attached hydrogen (secondary N) is 1. The molecular formula is C25H26ClNO4S. The zero-order valence-electron chi connectivity index (χ0n) is 17.8. The number of carbonyl (C=O) groups excluding carboxylic acids is 1. The fourth-order valence-electron chi connectivity index (χ4n) is 3.40. The summed E-state index contributed by atoms with van der Waals surface area (Å²) < 4.78 is 33.6. The van der Waals surface area contributed by atoms with Crippen LogP contribution in [0.15, 0.2) is 83.8 Å². The van der Waals surface area contributed by atoms with E-state index in [-0.39, 0.29) is 10.9 Å². The molecule has 0 saturated heterocycles. The van der Waals surface area contributed by atoms with Gasteiger partial charge in [-0.25, -0.2) is 13.1 Å². The topological polar surface area (TPSA) is 72.5 Å². The SMILES string of the molecule is COC(=O)CCCc1ccc(C(Cc2ccccc2)NS(=O)(=O)c2ccc(Cl)cc2)cc1. The molecule has 7 heteroatoms. The lowest BCUT2D eigenvalue weighted by atomic mass is 9.98. The summed E-state index contributed by atoms with van der Waals surface area (Å²) in [7, 11) is -2.36. The van der Waals surface area contributed by atoms with Gasteiger partial charge in [-0.1, -0.05) is 66.2 Å². The van der Waals surface area contributed by atoms with Gasteiger partial charge in [0.05, 0.1) is 18.0 Å². The van der Waals surface area contributed by atoms with Crippen molar-refractivity contribution in [3.05, 3.63) is 101 Å². The summed E-state index contributed by atoms with van der Waals surface area (Å²) in [5.41, 5.74) is 2.97. The molecule has 0 aliphatic heterocycles. The maximum Gasteiger partial charge on any atom is 0.305 e. The minimum Gasteiger partial charge on any atom is -0.469 e. The van der Waals surface area contributed by atoms with E-state index in [4.69, 9.17) is 11.6 Å². The highest BCUT2D eigenvalue weighted by atomic mass is 35.5. The number of rotatable bonds is 10. The Morgan fingerprint density at radius 3 is 2.22 bits per heavy atom. The molecule has 0 spiro atoms. The number of aryl methyl sites for hydroxylation is 1. The van der Waals surface area contributed by atoms with Gasteiger partial charge in [0.2, 0.25) is 10.0 Å². The normalized spacial score (nSPS) is 12.3. The molecule has 1 N–H and O–H groups in total. The molecular weight excluding hydrogens is 446 g/mol. The first-order chi connectivity index (χ1) is 15.4. The van der Waals surface area contributed by atoms with Crippen LogP contribution in [-0.4, -0.2) is 21.5 Å². The number of halogens is 1. The predicted molar refractivity (Wildman–Crippen MR) is 126 cm³/mol. The molecule has 0 aliphatic carbocycles. The molecule has 0 saturated carbocycles. The van der Waals surface area contributed by atoms with Gasteiger partial charge in [-0.15, -0.1) is 0 Å². The predicted octanol–water partition coefficient (Wildman–Crippen LogP) is 5.10. The second kappa shape index (κ2) is 11.3. The number of ether oxygens (including phenoxy) is 1. The maximum atomic E-state index is 13.0. The van der Waals surface area contributed by atoms with Crippen molar-refractivity contribution in [3.8, 4) is 0 Å². The first-order valence-corrected chi connectivity index (χ1v) is 12.2. The first-order valence-electron chi connectivity index (χ1n) is 10.3. The standard InChI is InChI=1S/C25H26ClNO4S/c1-31-25(28)9-5-8-19-10-12-21(13-11-19)24(18-20-6-3-2-4-7-20)27-32(29,30)23-16-14-22(26)15-17-23/h2-4,6-7,10-17,24,27H,5,8-9,18H2,1H3. The number of sulfonamides is 1. The Labute approximate surface area is 194 Å². The molecule has 0 heterocycles. The Morgan fingerprint density at radius 2 is 1.59 bits per heavy atom. The van der Waals surface area contributed by atoms with Crippen LogP contribution in [0.25, 0.3) is 0 Å². The molecule has 1 atom stereocenters. The van der Waals surface area contributed by atoms with Crippen molar-refractivity contribution in [2.75, 3.05) is 7.11 Å². The summed E-state index contributed by atoms with van der Waals surface area (Å²) in [5.74, 6) is -0.221. The van der Waals surface area contributed by atoms with Crippen LogP contribution in [0.4, 0.5) is 0 Å². The highest BCUT2D eigenvalue weighted by Gasteiger charge is 2.22. The third-order valence-electron chi connectivity index (χ3n) is 5.16. The summed E-state index contributed by atoms with van der Waals surface area (Å²) in [6.07, 6.45) is 2.32. The summed E-state index contributed by atoms with van der Waals surface area (Å²) in [4.78, 5) is 11.5. The summed E-state index contributed by atoms with van der Waals surface area (Å²) >= 11 is 5.91. The van der Waals surface area contributed by atoms with E-state index in [1.807, 2.05) is 54.6 Å². The van der Waals surface area contributed by atoms with E-state index in [0.717, 1.165) is 23.1 Å². The monoisotopic (exact) mass is 471 g/mol. The summed E-state index contributed by atoms with van der Waals surface area (Å²) in [6.45, 7) is 0. The minimum absolute atomic E-state index is 0.166. The van der Waals surface area contributed by atoms with Gasteiger partial charge in [0.1, 0.15) is 0 Å². The Balaban J connectivity index is 1.79. The van der Waals surface area contributed by atoms with E-state index in [2.05, 4.69) is 9.46 Å². The van der Waals surface area contributed by atoms with Crippen LogP contribution in [0.2, 0.25) is 5.02 Å². The van der Waals surface area contributed by atoms with Gasteiger partial charge < -0.3 is 4.74 Å². The Kier molecular flexibility index (Phi) is 8.45. The van der Waals surface area contributed by atoms with Gasteiger partial charge in [-0.2, -0.15) is 0 Å². The Bertz CT molecular complexity index is 1110. The number of carbonyl (C=O) groups is 1. The zero-order valence-corrected chi connectivity index (χ0v) is 19.4. The van der Waals surface area contributed by atoms with Gasteiger partial charge in [0.25, 0.3) is 0 Å². The number of hydrogen-bond acceptors (Lipinski definition) is 4. The lowest BCUT2D eigenvalue weighted by Gasteiger charge is -2.20. The van der Waals surface area contributed by atoms with E-state index >= 15 is 0 Å². The minimum atomic E-state index is -3.74. The number of methoxy groups -OCH3 is 1. The average molecular weight is 472 g/mol. The van der Waals surface area contributed by atoms with Gasteiger partial charge in [0, 0.05) is 11.4 Å². The van der Waals surface area contributed by atoms with E-state index < -0.39 is 16.1 Å². The summed E-state index contributed by atoms with van der Waals surface area (Å²) in [5, 5.41) is 0.479. The Morgan fingerprint density at radius 1 is 0.938 bits per heavy atom. The van der Waals surface area contributed by atoms with Crippen LogP contribution in [0.3, 0.4) is 0 Å².